The lowest BCUT2D eigenvalue weighted by atomic mass is 9.91. The Morgan fingerprint density at radius 2 is 2.06 bits per heavy atom. The van der Waals surface area contributed by atoms with Crippen LogP contribution in [0.1, 0.15) is 43.4 Å². The maximum atomic E-state index is 15.3. The number of nitrogens with one attached hydrogen (secondary N) is 2. The van der Waals surface area contributed by atoms with Gasteiger partial charge < -0.3 is 20.9 Å². The number of halogens is 1. The Morgan fingerprint density at radius 1 is 1.27 bits per heavy atom. The summed E-state index contributed by atoms with van der Waals surface area (Å²) in [5, 5.41) is 16.4. The fourth-order valence-corrected chi connectivity index (χ4v) is 4.52. The zero-order valence-corrected chi connectivity index (χ0v) is 18.5. The van der Waals surface area contributed by atoms with Crippen LogP contribution >= 0.6 is 0 Å². The highest BCUT2D eigenvalue weighted by atomic mass is 19.1. The molecular weight excluding hydrogens is 425 g/mol. The van der Waals surface area contributed by atoms with Crippen molar-refractivity contribution in [3.8, 4) is 11.1 Å². The molecule has 1 saturated carbocycles. The van der Waals surface area contributed by atoms with Crippen molar-refractivity contribution in [3.63, 3.8) is 0 Å². The summed E-state index contributed by atoms with van der Waals surface area (Å²) < 4.78 is 20.6. The number of benzene rings is 1. The Labute approximate surface area is 190 Å². The number of carbonyl (C=O) groups excluding carboxylic acids is 1. The summed E-state index contributed by atoms with van der Waals surface area (Å²) in [4.78, 5) is 20.9. The first-order valence-corrected chi connectivity index (χ1v) is 11.1. The van der Waals surface area contributed by atoms with E-state index in [1.54, 1.807) is 18.3 Å². The van der Waals surface area contributed by atoms with E-state index in [4.69, 9.17) is 10.5 Å². The Balaban J connectivity index is 1.50. The van der Waals surface area contributed by atoms with Crippen molar-refractivity contribution in [2.75, 3.05) is 22.9 Å². The number of nitrogens with two attached hydrogens (primary N) is 1. The molecule has 8 nitrogen and oxygen atoms in total. The van der Waals surface area contributed by atoms with Crippen molar-refractivity contribution in [2.45, 2.75) is 51.2 Å². The van der Waals surface area contributed by atoms with Gasteiger partial charge in [-0.2, -0.15) is 0 Å². The fourth-order valence-electron chi connectivity index (χ4n) is 4.52. The van der Waals surface area contributed by atoms with Gasteiger partial charge in [-0.25, -0.2) is 14.2 Å². The minimum absolute atomic E-state index is 0.00831. The molecule has 1 aromatic carbocycles. The molecule has 0 saturated heterocycles. The molecule has 5 rings (SSSR count). The minimum atomic E-state index is -0.649. The molecule has 9 heteroatoms. The van der Waals surface area contributed by atoms with Gasteiger partial charge in [0.2, 0.25) is 0 Å². The average Bonchev–Trinajstić information content (AvgIpc) is 2.76. The molecule has 1 aliphatic carbocycles. The number of hydrogen-bond donors (Lipinski definition) is 4. The van der Waals surface area contributed by atoms with Gasteiger partial charge in [-0.3, -0.25) is 10.3 Å². The van der Waals surface area contributed by atoms with E-state index in [0.29, 0.717) is 40.7 Å². The van der Waals surface area contributed by atoms with Crippen molar-refractivity contribution < 1.29 is 19.0 Å². The molecule has 1 atom stereocenters. The second-order valence-electron chi connectivity index (χ2n) is 8.89. The molecule has 0 bridgehead atoms. The highest BCUT2D eigenvalue weighted by molar-refractivity contribution is 5.99. The van der Waals surface area contributed by atoms with Gasteiger partial charge in [0.1, 0.15) is 11.9 Å². The van der Waals surface area contributed by atoms with E-state index in [0.717, 1.165) is 29.9 Å². The smallest absolute Gasteiger partial charge is 0.413 e. The van der Waals surface area contributed by atoms with Crippen LogP contribution in [0.25, 0.3) is 21.9 Å². The Kier molecular flexibility index (Phi) is 5.28. The molecule has 1 fully saturated rings. The largest absolute Gasteiger partial charge is 0.446 e. The van der Waals surface area contributed by atoms with E-state index in [2.05, 4.69) is 27.5 Å². The number of carbonyl (C=O) groups is 1. The second-order valence-corrected chi connectivity index (χ2v) is 8.89. The van der Waals surface area contributed by atoms with Crippen molar-refractivity contribution in [2.24, 2.45) is 0 Å². The summed E-state index contributed by atoms with van der Waals surface area (Å²) in [6, 6.07) is 3.33. The molecule has 172 valence electrons. The molecule has 33 heavy (non-hydrogen) atoms. The molecule has 2 aromatic heterocycles. The molecule has 0 unspecified atom stereocenters. The molecule has 1 amide bonds. The van der Waals surface area contributed by atoms with E-state index < -0.39 is 18.0 Å². The van der Waals surface area contributed by atoms with Gasteiger partial charge in [0.25, 0.3) is 0 Å². The van der Waals surface area contributed by atoms with E-state index >= 15 is 4.39 Å². The van der Waals surface area contributed by atoms with E-state index in [-0.39, 0.29) is 17.6 Å². The van der Waals surface area contributed by atoms with E-state index in [1.807, 2.05) is 6.92 Å². The first-order valence-electron chi connectivity index (χ1n) is 11.1. The molecule has 2 aliphatic rings. The number of anilines is 3. The predicted molar refractivity (Wildman–Crippen MR) is 125 cm³/mol. The third-order valence-corrected chi connectivity index (χ3v) is 6.58. The zero-order valence-electron chi connectivity index (χ0n) is 18.5. The number of pyridine rings is 2. The number of aliphatic hydroxyl groups is 1. The molecule has 0 radical (unpaired) electrons. The number of nitrogens with zero attached hydrogens (tertiary/aromatic N) is 2. The maximum absolute atomic E-state index is 15.3. The normalized spacial score (nSPS) is 21.6. The van der Waals surface area contributed by atoms with Gasteiger partial charge in [0.15, 0.2) is 5.82 Å². The van der Waals surface area contributed by atoms with Crippen LogP contribution in [0.4, 0.5) is 26.4 Å². The monoisotopic (exact) mass is 451 g/mol. The van der Waals surface area contributed by atoms with E-state index in [9.17, 15) is 9.90 Å². The maximum Gasteiger partial charge on any atom is 0.413 e. The zero-order chi connectivity index (χ0) is 23.3. The highest BCUT2D eigenvalue weighted by Gasteiger charge is 2.30. The molecule has 5 N–H and O–H groups in total. The van der Waals surface area contributed by atoms with Gasteiger partial charge in [-0.15, -0.1) is 0 Å². The van der Waals surface area contributed by atoms with E-state index in [1.165, 1.54) is 6.20 Å². The quantitative estimate of drug-likeness (QED) is 0.438. The first kappa shape index (κ1) is 21.4. The van der Waals surface area contributed by atoms with Gasteiger partial charge in [-0.1, -0.05) is 6.92 Å². The SMILES string of the molecule is Cc1c(-c2cc3cc(NC(=O)OC4CC(O)C4)ncc3c(N)c2F)cnc2c1NCC[C@H]2C. The number of amides is 1. The van der Waals surface area contributed by atoms with Gasteiger partial charge in [0.05, 0.1) is 23.2 Å². The first-order chi connectivity index (χ1) is 15.8. The summed E-state index contributed by atoms with van der Waals surface area (Å²) in [6.07, 6.45) is 3.63. The number of aliphatic hydroxyl groups excluding tert-OH is 1. The lowest BCUT2D eigenvalue weighted by molar-refractivity contribution is -0.0308. The summed E-state index contributed by atoms with van der Waals surface area (Å²) in [7, 11) is 0. The summed E-state index contributed by atoms with van der Waals surface area (Å²) in [6.45, 7) is 4.94. The topological polar surface area (TPSA) is 122 Å². The van der Waals surface area contributed by atoms with Crippen molar-refractivity contribution in [3.05, 3.63) is 41.6 Å². The molecule has 0 spiro atoms. The number of hydrogen-bond acceptors (Lipinski definition) is 7. The lowest BCUT2D eigenvalue weighted by Gasteiger charge is -2.30. The standard InChI is InChI=1S/C24H26FN5O3/c1-11-3-4-27-23-12(2)17(9-29-22(11)23)16-5-13-6-19(28-10-18(13)21(26)20(16)25)30-24(32)33-15-7-14(31)8-15/h5-6,9-11,14-15,27,31H,3-4,7-8,26H2,1-2H3,(H,28,30,32)/t11-,14?,15?/m1/s1. The van der Waals surface area contributed by atoms with Crippen LogP contribution in [0.15, 0.2) is 24.5 Å². The number of nitrogen functional groups attached to an aromatic ring is 1. The van der Waals surface area contributed by atoms with Gasteiger partial charge in [-0.05, 0) is 36.4 Å². The predicted octanol–water partition coefficient (Wildman–Crippen LogP) is 4.32. The fraction of sp³-hybridized carbons (Fsp3) is 0.375. The molecular formula is C24H26FN5O3. The summed E-state index contributed by atoms with van der Waals surface area (Å²) in [5.41, 5.74) is 9.99. The number of aromatic nitrogens is 2. The number of rotatable bonds is 3. The molecule has 3 aromatic rings. The Hall–Kier alpha value is -3.46. The van der Waals surface area contributed by atoms with Crippen LogP contribution in [-0.4, -0.2) is 39.9 Å². The van der Waals surface area contributed by atoms with Crippen LogP contribution in [0, 0.1) is 12.7 Å². The summed E-state index contributed by atoms with van der Waals surface area (Å²) in [5.74, 6) is 0.0740. The minimum Gasteiger partial charge on any atom is -0.446 e. The number of ether oxygens (including phenoxy) is 1. The van der Waals surface area contributed by atoms with Crippen molar-refractivity contribution in [1.29, 1.82) is 0 Å². The lowest BCUT2D eigenvalue weighted by Crippen LogP contribution is -2.37. The molecule has 1 aliphatic heterocycles. The van der Waals surface area contributed by atoms with Crippen LogP contribution in [0.5, 0.6) is 0 Å². The number of fused-ring (bicyclic) bond motifs is 2. The van der Waals surface area contributed by atoms with Crippen LogP contribution in [0.3, 0.4) is 0 Å². The Morgan fingerprint density at radius 3 is 2.82 bits per heavy atom. The van der Waals surface area contributed by atoms with Crippen LogP contribution in [0.2, 0.25) is 0 Å². The van der Waals surface area contributed by atoms with Crippen molar-refractivity contribution in [1.82, 2.24) is 9.97 Å². The van der Waals surface area contributed by atoms with Gasteiger partial charge in [0, 0.05) is 54.2 Å². The van der Waals surface area contributed by atoms with Crippen molar-refractivity contribution >= 4 is 34.1 Å². The molecule has 3 heterocycles. The Bertz CT molecular complexity index is 1260. The average molecular weight is 452 g/mol. The van der Waals surface area contributed by atoms with Crippen LogP contribution in [-0.2, 0) is 4.74 Å². The highest BCUT2D eigenvalue weighted by Crippen LogP contribution is 2.40. The van der Waals surface area contributed by atoms with Gasteiger partial charge >= 0.3 is 6.09 Å². The second kappa shape index (κ2) is 8.15. The van der Waals surface area contributed by atoms with Crippen LogP contribution < -0.4 is 16.4 Å². The third kappa shape index (κ3) is 3.82. The third-order valence-electron chi connectivity index (χ3n) is 6.58. The summed E-state index contributed by atoms with van der Waals surface area (Å²) >= 11 is 0.